The van der Waals surface area contributed by atoms with E-state index in [9.17, 15) is 14.7 Å². The van der Waals surface area contributed by atoms with Crippen molar-refractivity contribution in [1.82, 2.24) is 0 Å². The minimum Gasteiger partial charge on any atom is -0.478 e. The van der Waals surface area contributed by atoms with Crippen LogP contribution < -0.4 is 4.74 Å². The van der Waals surface area contributed by atoms with E-state index >= 15 is 0 Å². The Balaban J connectivity index is 1.68. The smallest absolute Gasteiger partial charge is 0.335 e. The van der Waals surface area contributed by atoms with Crippen LogP contribution in [0.3, 0.4) is 0 Å². The van der Waals surface area contributed by atoms with E-state index in [4.69, 9.17) is 4.74 Å². The predicted molar refractivity (Wildman–Crippen MR) is 134 cm³/mol. The number of carbonyl (C=O) groups is 2. The highest BCUT2D eigenvalue weighted by Gasteiger charge is 2.24. The van der Waals surface area contributed by atoms with E-state index in [0.717, 1.165) is 58.7 Å². The Bertz CT molecular complexity index is 1350. The zero-order valence-corrected chi connectivity index (χ0v) is 18.9. The highest BCUT2D eigenvalue weighted by Crippen LogP contribution is 2.41. The van der Waals surface area contributed by atoms with Crippen LogP contribution in [0.25, 0.3) is 33.0 Å². The molecule has 1 aliphatic carbocycles. The van der Waals surface area contributed by atoms with Crippen molar-refractivity contribution in [2.45, 2.75) is 32.1 Å². The van der Waals surface area contributed by atoms with Gasteiger partial charge in [0.2, 0.25) is 0 Å². The molecule has 1 fully saturated rings. The molecule has 0 unspecified atom stereocenters. The van der Waals surface area contributed by atoms with Crippen LogP contribution in [-0.4, -0.2) is 17.0 Å². The highest BCUT2D eigenvalue weighted by atomic mass is 16.5. The second-order valence-corrected chi connectivity index (χ2v) is 8.85. The maximum atomic E-state index is 13.0. The third kappa shape index (κ3) is 4.32. The number of esters is 1. The Kier molecular flexibility index (Phi) is 6.13. The minimum atomic E-state index is -0.981. The Morgan fingerprint density at radius 1 is 0.735 bits per heavy atom. The number of fused-ring (bicyclic) bond motifs is 1. The average molecular weight is 451 g/mol. The predicted octanol–water partition coefficient (Wildman–Crippen LogP) is 7.36. The summed E-state index contributed by atoms with van der Waals surface area (Å²) in [6.45, 7) is 0. The molecule has 1 saturated carbocycles. The van der Waals surface area contributed by atoms with Gasteiger partial charge in [0.15, 0.2) is 0 Å². The van der Waals surface area contributed by atoms with Gasteiger partial charge in [-0.05, 0) is 58.7 Å². The summed E-state index contributed by atoms with van der Waals surface area (Å²) in [6, 6.07) is 26.7. The van der Waals surface area contributed by atoms with Crippen molar-refractivity contribution in [3.8, 4) is 28.0 Å². The quantitative estimate of drug-likeness (QED) is 0.255. The molecular formula is C30H26O4. The summed E-state index contributed by atoms with van der Waals surface area (Å²) in [5.74, 6) is -0.704. The topological polar surface area (TPSA) is 63.6 Å². The van der Waals surface area contributed by atoms with E-state index in [2.05, 4.69) is 0 Å². The van der Waals surface area contributed by atoms with Crippen LogP contribution >= 0.6 is 0 Å². The molecule has 0 aliphatic heterocycles. The first-order valence-corrected chi connectivity index (χ1v) is 11.8. The van der Waals surface area contributed by atoms with Crippen LogP contribution in [-0.2, 0) is 4.79 Å². The SMILES string of the molecule is O=C(O)c1ccc(-c2ccccc2)c(-c2cccc3cccc(OC(=O)C4CCCCC4)c23)c1. The fraction of sp³-hybridized carbons (Fsp3) is 0.200. The van der Waals surface area contributed by atoms with Crippen LogP contribution in [0.2, 0.25) is 0 Å². The number of rotatable bonds is 5. The van der Waals surface area contributed by atoms with E-state index in [0.29, 0.717) is 5.75 Å². The highest BCUT2D eigenvalue weighted by molar-refractivity contribution is 6.05. The van der Waals surface area contributed by atoms with Crippen LogP contribution in [0.1, 0.15) is 42.5 Å². The van der Waals surface area contributed by atoms with E-state index in [1.807, 2.05) is 72.8 Å². The second kappa shape index (κ2) is 9.52. The second-order valence-electron chi connectivity index (χ2n) is 8.85. The summed E-state index contributed by atoms with van der Waals surface area (Å²) in [5, 5.41) is 11.4. The molecule has 0 amide bonds. The number of aromatic carboxylic acids is 1. The van der Waals surface area contributed by atoms with E-state index < -0.39 is 5.97 Å². The van der Waals surface area contributed by atoms with Crippen molar-refractivity contribution in [2.75, 3.05) is 0 Å². The van der Waals surface area contributed by atoms with E-state index in [1.54, 1.807) is 12.1 Å². The third-order valence-corrected chi connectivity index (χ3v) is 6.66. The molecular weight excluding hydrogens is 424 g/mol. The number of carboxylic acids is 1. The number of hydrogen-bond donors (Lipinski definition) is 1. The van der Waals surface area contributed by atoms with Gasteiger partial charge in [0.1, 0.15) is 5.75 Å². The molecule has 0 saturated heterocycles. The molecule has 0 spiro atoms. The van der Waals surface area contributed by atoms with Crippen molar-refractivity contribution in [1.29, 1.82) is 0 Å². The van der Waals surface area contributed by atoms with Crippen LogP contribution in [0.15, 0.2) is 84.9 Å². The standard InChI is InChI=1S/C30H26O4/c31-29(32)23-17-18-24(20-9-3-1-4-10-20)26(19-23)25-15-7-13-21-14-8-16-27(28(21)25)34-30(33)22-11-5-2-6-12-22/h1,3-4,7-10,13-19,22H,2,5-6,11-12H2,(H,31,32). The Morgan fingerprint density at radius 3 is 2.21 bits per heavy atom. The number of ether oxygens (including phenoxy) is 1. The van der Waals surface area contributed by atoms with Crippen molar-refractivity contribution in [3.63, 3.8) is 0 Å². The van der Waals surface area contributed by atoms with Crippen molar-refractivity contribution in [3.05, 3.63) is 90.5 Å². The Hall–Kier alpha value is -3.92. The monoisotopic (exact) mass is 450 g/mol. The molecule has 0 aromatic heterocycles. The molecule has 170 valence electrons. The van der Waals surface area contributed by atoms with Crippen molar-refractivity contribution < 1.29 is 19.4 Å². The summed E-state index contributed by atoms with van der Waals surface area (Å²) in [7, 11) is 0. The summed E-state index contributed by atoms with van der Waals surface area (Å²) < 4.78 is 6.00. The molecule has 0 bridgehead atoms. The van der Waals surface area contributed by atoms with E-state index in [1.165, 1.54) is 6.42 Å². The lowest BCUT2D eigenvalue weighted by Gasteiger charge is -2.21. The van der Waals surface area contributed by atoms with Crippen LogP contribution in [0, 0.1) is 5.92 Å². The number of carboxylic acid groups (broad SMARTS) is 1. The normalized spacial score (nSPS) is 14.1. The molecule has 4 nitrogen and oxygen atoms in total. The fourth-order valence-electron chi connectivity index (χ4n) is 4.92. The molecule has 34 heavy (non-hydrogen) atoms. The zero-order valence-electron chi connectivity index (χ0n) is 18.9. The molecule has 4 aromatic rings. The minimum absolute atomic E-state index is 0.0635. The molecule has 0 atom stereocenters. The molecule has 5 rings (SSSR count). The first kappa shape index (κ1) is 21.9. The van der Waals surface area contributed by atoms with Crippen LogP contribution in [0.5, 0.6) is 5.75 Å². The van der Waals surface area contributed by atoms with Gasteiger partial charge in [0, 0.05) is 5.39 Å². The van der Waals surface area contributed by atoms with Gasteiger partial charge in [0.05, 0.1) is 11.5 Å². The number of hydrogen-bond acceptors (Lipinski definition) is 3. The summed E-state index contributed by atoms with van der Waals surface area (Å²) >= 11 is 0. The number of benzene rings is 4. The lowest BCUT2D eigenvalue weighted by Crippen LogP contribution is -2.22. The first-order valence-electron chi connectivity index (χ1n) is 11.8. The maximum Gasteiger partial charge on any atom is 0.335 e. The molecule has 4 aromatic carbocycles. The van der Waals surface area contributed by atoms with Gasteiger partial charge in [-0.2, -0.15) is 0 Å². The fourth-order valence-corrected chi connectivity index (χ4v) is 4.92. The maximum absolute atomic E-state index is 13.0. The Labute approximate surface area is 198 Å². The van der Waals surface area contributed by atoms with Gasteiger partial charge in [-0.25, -0.2) is 4.79 Å². The van der Waals surface area contributed by atoms with Crippen molar-refractivity contribution in [2.24, 2.45) is 5.92 Å². The van der Waals surface area contributed by atoms with Gasteiger partial charge in [-0.3, -0.25) is 4.79 Å². The van der Waals surface area contributed by atoms with E-state index in [-0.39, 0.29) is 17.5 Å². The Morgan fingerprint density at radius 2 is 1.47 bits per heavy atom. The molecule has 0 radical (unpaired) electrons. The van der Waals surface area contributed by atoms with Gasteiger partial charge >= 0.3 is 11.9 Å². The number of carbonyl (C=O) groups excluding carboxylic acids is 1. The largest absolute Gasteiger partial charge is 0.478 e. The van der Waals surface area contributed by atoms with Gasteiger partial charge in [-0.1, -0.05) is 86.0 Å². The lowest BCUT2D eigenvalue weighted by molar-refractivity contribution is -0.139. The zero-order chi connectivity index (χ0) is 23.5. The lowest BCUT2D eigenvalue weighted by atomic mass is 9.89. The van der Waals surface area contributed by atoms with Gasteiger partial charge < -0.3 is 9.84 Å². The summed E-state index contributed by atoms with van der Waals surface area (Å²) in [5.41, 5.74) is 3.75. The van der Waals surface area contributed by atoms with Crippen LogP contribution in [0.4, 0.5) is 0 Å². The van der Waals surface area contributed by atoms with Gasteiger partial charge in [0.25, 0.3) is 0 Å². The van der Waals surface area contributed by atoms with Gasteiger partial charge in [-0.15, -0.1) is 0 Å². The molecule has 1 N–H and O–H groups in total. The summed E-state index contributed by atoms with van der Waals surface area (Å²) in [6.07, 6.45) is 5.03. The first-order chi connectivity index (χ1) is 16.6. The van der Waals surface area contributed by atoms with Crippen molar-refractivity contribution >= 4 is 22.7 Å². The summed E-state index contributed by atoms with van der Waals surface area (Å²) in [4.78, 5) is 24.8. The average Bonchev–Trinajstić information content (AvgIpc) is 2.89. The molecule has 1 aliphatic rings. The molecule has 4 heteroatoms. The third-order valence-electron chi connectivity index (χ3n) is 6.66. The molecule has 0 heterocycles.